The van der Waals surface area contributed by atoms with E-state index in [0.717, 1.165) is 0 Å². The predicted octanol–water partition coefficient (Wildman–Crippen LogP) is 1.58. The number of guanidine groups is 1. The lowest BCUT2D eigenvalue weighted by atomic mass is 10.0. The van der Waals surface area contributed by atoms with Crippen LogP contribution in [0.5, 0.6) is 11.5 Å². The van der Waals surface area contributed by atoms with E-state index in [1.54, 1.807) is 18.2 Å². The standard InChI is InChI=1S/C23H24N4O8/c24-23(25)26-13-7-8-14-12(10-13)4-1-2-9-34-19-15(5-3-6-17(19)35-22(14)33)20(30)27-16(21(31)32)11-18(28)29/h3,5-8,10,16H,1-2,4,9,11H2,(H,27,30)(H,28,29)(H,31,32)(H4,24,25,26)/t16-/m0/s1. The lowest BCUT2D eigenvalue weighted by Gasteiger charge is -2.17. The van der Waals surface area contributed by atoms with Crippen LogP contribution in [0.3, 0.4) is 0 Å². The van der Waals surface area contributed by atoms with Crippen molar-refractivity contribution in [2.75, 3.05) is 11.9 Å². The van der Waals surface area contributed by atoms with E-state index >= 15 is 0 Å². The summed E-state index contributed by atoms with van der Waals surface area (Å²) in [7, 11) is 0. The van der Waals surface area contributed by atoms with Gasteiger partial charge in [-0.3, -0.25) is 15.0 Å². The zero-order valence-electron chi connectivity index (χ0n) is 18.5. The number of carboxylic acid groups (broad SMARTS) is 2. The second-order valence-corrected chi connectivity index (χ2v) is 7.70. The number of fused-ring (bicyclic) bond motifs is 2. The van der Waals surface area contributed by atoms with E-state index in [1.165, 1.54) is 18.2 Å². The van der Waals surface area contributed by atoms with Crippen LogP contribution in [0.25, 0.3) is 0 Å². The number of benzene rings is 2. The summed E-state index contributed by atoms with van der Waals surface area (Å²) in [6.45, 7) is 0.174. The number of nitrogens with one attached hydrogen (secondary N) is 3. The lowest BCUT2D eigenvalue weighted by molar-refractivity contribution is -0.145. The van der Waals surface area contributed by atoms with Crippen LogP contribution < -0.4 is 25.8 Å². The molecule has 1 atom stereocenters. The highest BCUT2D eigenvalue weighted by Gasteiger charge is 2.27. The first-order valence-electron chi connectivity index (χ1n) is 10.6. The van der Waals surface area contributed by atoms with Gasteiger partial charge >= 0.3 is 17.9 Å². The maximum Gasteiger partial charge on any atom is 0.343 e. The normalized spacial score (nSPS) is 14.0. The van der Waals surface area contributed by atoms with Crippen LogP contribution in [0.15, 0.2) is 36.4 Å². The van der Waals surface area contributed by atoms with Gasteiger partial charge in [-0.05, 0) is 55.2 Å². The van der Waals surface area contributed by atoms with Crippen molar-refractivity contribution in [2.45, 2.75) is 31.7 Å². The van der Waals surface area contributed by atoms with Crippen molar-refractivity contribution in [3.8, 4) is 11.5 Å². The van der Waals surface area contributed by atoms with Crippen molar-refractivity contribution >= 4 is 35.5 Å². The summed E-state index contributed by atoms with van der Waals surface area (Å²) < 4.78 is 11.3. The van der Waals surface area contributed by atoms with E-state index in [0.29, 0.717) is 30.5 Å². The molecule has 1 heterocycles. The molecule has 7 N–H and O–H groups in total. The first kappa shape index (κ1) is 25.0. The molecule has 12 nitrogen and oxygen atoms in total. The van der Waals surface area contributed by atoms with Gasteiger partial charge in [-0.1, -0.05) is 6.07 Å². The third-order valence-corrected chi connectivity index (χ3v) is 5.10. The van der Waals surface area contributed by atoms with Crippen molar-refractivity contribution in [3.63, 3.8) is 0 Å². The number of nitrogens with two attached hydrogens (primary N) is 1. The fourth-order valence-corrected chi connectivity index (χ4v) is 3.51. The number of aryl methyl sites for hydroxylation is 1. The number of aliphatic carboxylic acids is 2. The number of carbonyl (C=O) groups excluding carboxylic acids is 2. The van der Waals surface area contributed by atoms with Gasteiger partial charge in [0.1, 0.15) is 6.04 Å². The van der Waals surface area contributed by atoms with Crippen molar-refractivity contribution in [2.24, 2.45) is 5.73 Å². The number of anilines is 1. The largest absolute Gasteiger partial charge is 0.489 e. The Balaban J connectivity index is 1.93. The summed E-state index contributed by atoms with van der Waals surface area (Å²) in [5.74, 6) is -4.84. The molecule has 184 valence electrons. The topological polar surface area (TPSA) is 201 Å². The van der Waals surface area contributed by atoms with Gasteiger partial charge in [0.05, 0.1) is 24.2 Å². The molecule has 1 amide bonds. The van der Waals surface area contributed by atoms with Crippen molar-refractivity contribution in [3.05, 3.63) is 53.1 Å². The number of rotatable bonds is 6. The highest BCUT2D eigenvalue weighted by molar-refractivity contribution is 6.01. The number of amides is 1. The molecule has 12 heteroatoms. The highest BCUT2D eigenvalue weighted by atomic mass is 16.6. The van der Waals surface area contributed by atoms with Crippen LogP contribution in [0, 0.1) is 5.41 Å². The van der Waals surface area contributed by atoms with E-state index in [-0.39, 0.29) is 35.2 Å². The van der Waals surface area contributed by atoms with Gasteiger partial charge in [0.15, 0.2) is 17.5 Å². The average Bonchev–Trinajstić information content (AvgIpc) is 2.80. The summed E-state index contributed by atoms with van der Waals surface area (Å²) in [5, 5.41) is 30.4. The van der Waals surface area contributed by atoms with Crippen molar-refractivity contribution in [1.29, 1.82) is 5.41 Å². The smallest absolute Gasteiger partial charge is 0.343 e. The fraction of sp³-hybridized carbons (Fsp3) is 0.261. The molecule has 2 aromatic carbocycles. The van der Waals surface area contributed by atoms with E-state index in [9.17, 15) is 24.3 Å². The SMILES string of the molecule is N=C(N)Nc1ccc2c(c1)CCCCOc1c(cccc1C(=O)N[C@@H](CC(=O)O)C(=O)O)OC2=O. The molecule has 0 spiro atoms. The van der Waals surface area contributed by atoms with Crippen LogP contribution in [-0.2, 0) is 16.0 Å². The predicted molar refractivity (Wildman–Crippen MR) is 123 cm³/mol. The molecule has 1 aliphatic heterocycles. The number of hydrogen-bond donors (Lipinski definition) is 6. The van der Waals surface area contributed by atoms with Crippen LogP contribution in [0.1, 0.15) is 45.5 Å². The molecule has 0 aliphatic carbocycles. The Morgan fingerprint density at radius 1 is 1.14 bits per heavy atom. The van der Waals surface area contributed by atoms with Gasteiger partial charge in [-0.15, -0.1) is 0 Å². The second-order valence-electron chi connectivity index (χ2n) is 7.70. The second kappa shape index (κ2) is 11.0. The summed E-state index contributed by atoms with van der Waals surface area (Å²) in [6, 6.07) is 7.38. The number of carboxylic acids is 2. The summed E-state index contributed by atoms with van der Waals surface area (Å²) >= 11 is 0. The third kappa shape index (κ3) is 6.47. The number of hydrogen-bond acceptors (Lipinski definition) is 7. The Kier molecular flexibility index (Phi) is 7.87. The summed E-state index contributed by atoms with van der Waals surface area (Å²) in [6.07, 6.45) is 0.890. The monoisotopic (exact) mass is 484 g/mol. The molecule has 0 unspecified atom stereocenters. The Morgan fingerprint density at radius 3 is 2.60 bits per heavy atom. The molecule has 0 radical (unpaired) electrons. The molecule has 1 aliphatic rings. The Hall–Kier alpha value is -4.61. The van der Waals surface area contributed by atoms with Crippen LogP contribution in [0.2, 0.25) is 0 Å². The first-order chi connectivity index (χ1) is 16.7. The number of ether oxygens (including phenoxy) is 2. The molecular formula is C23H24N4O8. The molecule has 0 bridgehead atoms. The number of esters is 1. The molecule has 0 aromatic heterocycles. The van der Waals surface area contributed by atoms with Crippen molar-refractivity contribution in [1.82, 2.24) is 5.32 Å². The summed E-state index contributed by atoms with van der Waals surface area (Å²) in [4.78, 5) is 48.1. The molecule has 0 saturated carbocycles. The summed E-state index contributed by atoms with van der Waals surface area (Å²) in [5.41, 5.74) is 6.79. The molecule has 0 fully saturated rings. The van der Waals surface area contributed by atoms with Crippen molar-refractivity contribution < 1.29 is 38.9 Å². The minimum absolute atomic E-state index is 0.0495. The van der Waals surface area contributed by atoms with E-state index in [1.807, 2.05) is 0 Å². The van der Waals surface area contributed by atoms with Gasteiger partial charge in [0.25, 0.3) is 5.91 Å². The molecule has 3 rings (SSSR count). The third-order valence-electron chi connectivity index (χ3n) is 5.10. The fourth-order valence-electron chi connectivity index (χ4n) is 3.51. The minimum Gasteiger partial charge on any atom is -0.489 e. The zero-order chi connectivity index (χ0) is 25.5. The van der Waals surface area contributed by atoms with Crippen LogP contribution >= 0.6 is 0 Å². The van der Waals surface area contributed by atoms with Gasteiger partial charge in [0.2, 0.25) is 0 Å². The number of carbonyl (C=O) groups is 4. The van der Waals surface area contributed by atoms with Crippen LogP contribution in [-0.4, -0.2) is 52.6 Å². The first-order valence-corrected chi connectivity index (χ1v) is 10.6. The Morgan fingerprint density at radius 2 is 1.91 bits per heavy atom. The van der Waals surface area contributed by atoms with Gasteiger partial charge in [-0.2, -0.15) is 0 Å². The average molecular weight is 484 g/mol. The zero-order valence-corrected chi connectivity index (χ0v) is 18.5. The quantitative estimate of drug-likeness (QED) is 0.151. The maximum atomic E-state index is 13.0. The molecule has 0 saturated heterocycles. The molecule has 35 heavy (non-hydrogen) atoms. The Bertz CT molecular complexity index is 1180. The van der Waals surface area contributed by atoms with E-state index in [4.69, 9.17) is 25.7 Å². The molecular weight excluding hydrogens is 460 g/mol. The van der Waals surface area contributed by atoms with Crippen LogP contribution in [0.4, 0.5) is 5.69 Å². The van der Waals surface area contributed by atoms with E-state index < -0.39 is 36.3 Å². The lowest BCUT2D eigenvalue weighted by Crippen LogP contribution is -2.42. The van der Waals surface area contributed by atoms with Gasteiger partial charge in [-0.25, -0.2) is 9.59 Å². The van der Waals surface area contributed by atoms with E-state index in [2.05, 4.69) is 10.6 Å². The minimum atomic E-state index is -1.66. The van der Waals surface area contributed by atoms with Gasteiger partial charge in [0, 0.05) is 5.69 Å². The maximum absolute atomic E-state index is 13.0. The Labute approximate surface area is 199 Å². The molecule has 2 aromatic rings. The highest BCUT2D eigenvalue weighted by Crippen LogP contribution is 2.33. The van der Waals surface area contributed by atoms with Gasteiger partial charge < -0.3 is 36.1 Å². The number of para-hydroxylation sites is 1.